The zero-order chi connectivity index (χ0) is 18.5. The minimum Gasteiger partial charge on any atom is -0.371 e. The number of urea groups is 1. The van der Waals surface area contributed by atoms with Gasteiger partial charge in [-0.25, -0.2) is 10.2 Å². The van der Waals surface area contributed by atoms with Gasteiger partial charge in [-0.15, -0.1) is 0 Å². The molecule has 3 N–H and O–H groups in total. The van der Waals surface area contributed by atoms with Crippen molar-refractivity contribution in [3.63, 3.8) is 0 Å². The van der Waals surface area contributed by atoms with Crippen molar-refractivity contribution in [1.29, 1.82) is 0 Å². The van der Waals surface area contributed by atoms with Gasteiger partial charge in [0.1, 0.15) is 5.54 Å². The van der Waals surface area contributed by atoms with Gasteiger partial charge in [0.05, 0.1) is 5.69 Å². The molecule has 3 aliphatic heterocycles. The van der Waals surface area contributed by atoms with E-state index < -0.39 is 5.54 Å². The number of benzene rings is 1. The van der Waals surface area contributed by atoms with Crippen molar-refractivity contribution in [3.8, 4) is 0 Å². The van der Waals surface area contributed by atoms with Crippen molar-refractivity contribution in [2.75, 3.05) is 30.0 Å². The van der Waals surface area contributed by atoms with Crippen LogP contribution in [0, 0.1) is 5.92 Å². The van der Waals surface area contributed by atoms with Crippen LogP contribution >= 0.6 is 11.6 Å². The summed E-state index contributed by atoms with van der Waals surface area (Å²) in [6.45, 7) is 6.63. The number of amides is 3. The molecule has 4 rings (SSSR count). The van der Waals surface area contributed by atoms with Crippen LogP contribution in [-0.2, 0) is 11.3 Å². The summed E-state index contributed by atoms with van der Waals surface area (Å²) in [5, 5.41) is 3.65. The fourth-order valence-corrected chi connectivity index (χ4v) is 4.32. The number of piperidine rings is 1. The average Bonchev–Trinajstić information content (AvgIpc) is 3.14. The Morgan fingerprint density at radius 1 is 1.23 bits per heavy atom. The summed E-state index contributed by atoms with van der Waals surface area (Å²) < 4.78 is 0. The number of hydrogen-bond acceptors (Lipinski definition) is 5. The number of imide groups is 1. The molecule has 3 aliphatic rings. The Morgan fingerprint density at radius 2 is 1.96 bits per heavy atom. The summed E-state index contributed by atoms with van der Waals surface area (Å²) in [5.41, 5.74) is 8.79. The second kappa shape index (κ2) is 6.32. The maximum atomic E-state index is 12.9. The predicted octanol–water partition coefficient (Wildman–Crippen LogP) is 2.32. The van der Waals surface area contributed by atoms with Gasteiger partial charge in [0.25, 0.3) is 5.91 Å². The second-order valence-corrected chi connectivity index (χ2v) is 8.17. The highest BCUT2D eigenvalue weighted by atomic mass is 35.5. The highest BCUT2D eigenvalue weighted by molar-refractivity contribution is 6.31. The number of hydrogen-bond donors (Lipinski definition) is 3. The summed E-state index contributed by atoms with van der Waals surface area (Å²) >= 11 is 6.27. The third-order valence-corrected chi connectivity index (χ3v) is 5.65. The molecule has 0 atom stereocenters. The lowest BCUT2D eigenvalue weighted by Crippen LogP contribution is -2.55. The Morgan fingerprint density at radius 3 is 2.65 bits per heavy atom. The SMILES string of the molecule is CC(C)CN1C(=O)NC2(CCN(c3cc(Cl)cc4c3CNN4)CC2)C1=O. The topological polar surface area (TPSA) is 76.7 Å². The first-order valence-electron chi connectivity index (χ1n) is 9.10. The van der Waals surface area contributed by atoms with Crippen LogP contribution in [0.5, 0.6) is 0 Å². The molecule has 2 saturated heterocycles. The molecule has 1 spiro atoms. The first kappa shape index (κ1) is 17.4. The maximum absolute atomic E-state index is 12.9. The van der Waals surface area contributed by atoms with Crippen LogP contribution in [0.3, 0.4) is 0 Å². The Hall–Kier alpha value is -1.99. The quantitative estimate of drug-likeness (QED) is 0.705. The Kier molecular flexibility index (Phi) is 4.23. The molecule has 7 nitrogen and oxygen atoms in total. The zero-order valence-corrected chi connectivity index (χ0v) is 15.8. The monoisotopic (exact) mass is 377 g/mol. The average molecular weight is 378 g/mol. The lowest BCUT2D eigenvalue weighted by atomic mass is 9.87. The molecule has 0 unspecified atom stereocenters. The first-order chi connectivity index (χ1) is 12.4. The van der Waals surface area contributed by atoms with E-state index in [4.69, 9.17) is 11.6 Å². The summed E-state index contributed by atoms with van der Waals surface area (Å²) in [7, 11) is 0. The highest BCUT2D eigenvalue weighted by Crippen LogP contribution is 2.38. The van der Waals surface area contributed by atoms with Gasteiger partial charge in [-0.3, -0.25) is 9.69 Å². The molecule has 1 aromatic carbocycles. The fourth-order valence-electron chi connectivity index (χ4n) is 4.11. The van der Waals surface area contributed by atoms with Crippen LogP contribution < -0.4 is 21.1 Å². The molecule has 26 heavy (non-hydrogen) atoms. The molecule has 0 aliphatic carbocycles. The van der Waals surface area contributed by atoms with Crippen molar-refractivity contribution in [2.24, 2.45) is 5.92 Å². The van der Waals surface area contributed by atoms with Gasteiger partial charge in [0.15, 0.2) is 0 Å². The Balaban J connectivity index is 1.52. The minimum atomic E-state index is -0.749. The largest absolute Gasteiger partial charge is 0.371 e. The van der Waals surface area contributed by atoms with E-state index in [1.54, 1.807) is 0 Å². The van der Waals surface area contributed by atoms with E-state index in [2.05, 4.69) is 21.1 Å². The van der Waals surface area contributed by atoms with E-state index >= 15 is 0 Å². The number of halogens is 1. The molecule has 2 fully saturated rings. The molecule has 3 amide bonds. The maximum Gasteiger partial charge on any atom is 0.325 e. The number of fused-ring (bicyclic) bond motifs is 1. The molecular weight excluding hydrogens is 354 g/mol. The van der Waals surface area contributed by atoms with Gasteiger partial charge in [0, 0.05) is 42.5 Å². The number of nitrogens with zero attached hydrogens (tertiary/aromatic N) is 2. The summed E-state index contributed by atoms with van der Waals surface area (Å²) in [5.74, 6) is 0.185. The fraction of sp³-hybridized carbons (Fsp3) is 0.556. The number of rotatable bonds is 3. The van der Waals surface area contributed by atoms with Crippen molar-refractivity contribution in [1.82, 2.24) is 15.6 Å². The molecule has 0 saturated carbocycles. The van der Waals surface area contributed by atoms with Crippen molar-refractivity contribution >= 4 is 34.9 Å². The van der Waals surface area contributed by atoms with Gasteiger partial charge < -0.3 is 15.6 Å². The minimum absolute atomic E-state index is 0.0736. The molecule has 0 aromatic heterocycles. The van der Waals surface area contributed by atoms with E-state index in [9.17, 15) is 9.59 Å². The molecule has 3 heterocycles. The third kappa shape index (κ3) is 2.79. The third-order valence-electron chi connectivity index (χ3n) is 5.43. The van der Waals surface area contributed by atoms with Gasteiger partial charge in [0.2, 0.25) is 0 Å². The molecule has 0 bridgehead atoms. The van der Waals surface area contributed by atoms with Gasteiger partial charge in [-0.05, 0) is 30.9 Å². The summed E-state index contributed by atoms with van der Waals surface area (Å²) in [6, 6.07) is 3.64. The number of anilines is 2. The van der Waals surface area contributed by atoms with Crippen LogP contribution in [0.25, 0.3) is 0 Å². The normalized spacial score (nSPS) is 21.4. The van der Waals surface area contributed by atoms with E-state index in [-0.39, 0.29) is 17.9 Å². The van der Waals surface area contributed by atoms with Crippen LogP contribution in [0.15, 0.2) is 12.1 Å². The highest BCUT2D eigenvalue weighted by Gasteiger charge is 2.52. The van der Waals surface area contributed by atoms with E-state index in [0.29, 0.717) is 37.5 Å². The number of hydrazine groups is 1. The Labute approximate surface area is 158 Å². The number of carbonyl (C=O) groups excluding carboxylic acids is 2. The first-order valence-corrected chi connectivity index (χ1v) is 9.48. The standard InChI is InChI=1S/C18H24ClN5O2/c1-11(2)10-24-16(25)18(21-17(24)26)3-5-23(6-4-18)15-8-12(19)7-14-13(15)9-20-22-14/h7-8,11,20,22H,3-6,9-10H2,1-2H3,(H,21,26). The predicted molar refractivity (Wildman–Crippen MR) is 101 cm³/mol. The zero-order valence-electron chi connectivity index (χ0n) is 15.1. The van der Waals surface area contributed by atoms with Crippen molar-refractivity contribution in [2.45, 2.75) is 38.8 Å². The molecule has 0 radical (unpaired) electrons. The van der Waals surface area contributed by atoms with Crippen molar-refractivity contribution < 1.29 is 9.59 Å². The number of carbonyl (C=O) groups is 2. The van der Waals surface area contributed by atoms with Gasteiger partial charge >= 0.3 is 6.03 Å². The molecule has 1 aromatic rings. The van der Waals surface area contributed by atoms with Crippen molar-refractivity contribution in [3.05, 3.63) is 22.7 Å². The Bertz CT molecular complexity index is 758. The second-order valence-electron chi connectivity index (χ2n) is 7.74. The lowest BCUT2D eigenvalue weighted by Gasteiger charge is -2.39. The van der Waals surface area contributed by atoms with E-state index in [1.165, 1.54) is 10.5 Å². The molecular formula is C18H24ClN5O2. The smallest absolute Gasteiger partial charge is 0.325 e. The molecule has 140 valence electrons. The summed E-state index contributed by atoms with van der Waals surface area (Å²) in [4.78, 5) is 28.8. The van der Waals surface area contributed by atoms with Crippen LogP contribution in [0.1, 0.15) is 32.3 Å². The van der Waals surface area contributed by atoms with Crippen LogP contribution in [-0.4, -0.2) is 42.0 Å². The van der Waals surface area contributed by atoms with E-state index in [1.807, 2.05) is 26.0 Å². The van der Waals surface area contributed by atoms with Gasteiger partial charge in [-0.2, -0.15) is 0 Å². The van der Waals surface area contributed by atoms with Crippen LogP contribution in [0.4, 0.5) is 16.2 Å². The van der Waals surface area contributed by atoms with E-state index in [0.717, 1.165) is 17.9 Å². The summed E-state index contributed by atoms with van der Waals surface area (Å²) in [6.07, 6.45) is 1.21. The molecule has 8 heteroatoms. The number of nitrogens with one attached hydrogen (secondary N) is 3. The lowest BCUT2D eigenvalue weighted by molar-refractivity contribution is -0.132. The van der Waals surface area contributed by atoms with Crippen LogP contribution in [0.2, 0.25) is 5.02 Å². The van der Waals surface area contributed by atoms with Gasteiger partial charge in [-0.1, -0.05) is 25.4 Å².